The molecule has 10 heteroatoms. The molecule has 2 heterocycles. The molecule has 0 aromatic heterocycles. The van der Waals surface area contributed by atoms with Crippen LogP contribution in [-0.2, 0) is 29.1 Å². The molecular formula is C23H32N2O7S. The largest absolute Gasteiger partial charge is 0.466 e. The Bertz CT molecular complexity index is 979. The second kappa shape index (κ2) is 11.1. The van der Waals surface area contributed by atoms with Crippen molar-refractivity contribution in [2.45, 2.75) is 50.8 Å². The molecule has 2 aliphatic rings. The predicted octanol–water partition coefficient (Wildman–Crippen LogP) is 2.13. The van der Waals surface area contributed by atoms with Gasteiger partial charge in [-0.1, -0.05) is 12.5 Å². The van der Waals surface area contributed by atoms with Crippen molar-refractivity contribution in [1.82, 2.24) is 9.21 Å². The topological polar surface area (TPSA) is 110 Å². The molecular weight excluding hydrogens is 448 g/mol. The van der Waals surface area contributed by atoms with E-state index in [0.29, 0.717) is 51.2 Å². The van der Waals surface area contributed by atoms with Gasteiger partial charge in [-0.15, -0.1) is 0 Å². The molecule has 0 aliphatic carbocycles. The van der Waals surface area contributed by atoms with Crippen LogP contribution in [0.1, 0.15) is 54.9 Å². The summed E-state index contributed by atoms with van der Waals surface area (Å²) in [6.07, 6.45) is 3.66. The van der Waals surface area contributed by atoms with Crippen LogP contribution in [0.3, 0.4) is 0 Å². The van der Waals surface area contributed by atoms with E-state index < -0.39 is 22.6 Å². The zero-order valence-corrected chi connectivity index (χ0v) is 20.1. The van der Waals surface area contributed by atoms with Gasteiger partial charge >= 0.3 is 11.9 Å². The number of rotatable bonds is 7. The number of ether oxygens (including phenoxy) is 2. The average Bonchev–Trinajstić information content (AvgIpc) is 2.83. The summed E-state index contributed by atoms with van der Waals surface area (Å²) in [7, 11) is -3.69. The van der Waals surface area contributed by atoms with Crippen LogP contribution >= 0.6 is 0 Å². The van der Waals surface area contributed by atoms with Gasteiger partial charge in [-0.25, -0.2) is 13.2 Å². The van der Waals surface area contributed by atoms with E-state index in [1.54, 1.807) is 24.8 Å². The van der Waals surface area contributed by atoms with Crippen LogP contribution in [0, 0.1) is 12.8 Å². The Morgan fingerprint density at radius 2 is 1.67 bits per heavy atom. The van der Waals surface area contributed by atoms with E-state index >= 15 is 0 Å². The first-order valence-electron chi connectivity index (χ1n) is 11.5. The van der Waals surface area contributed by atoms with Crippen LogP contribution in [-0.4, -0.2) is 74.9 Å². The van der Waals surface area contributed by atoms with Crippen LogP contribution < -0.4 is 0 Å². The molecule has 0 N–H and O–H groups in total. The van der Waals surface area contributed by atoms with Gasteiger partial charge in [0.1, 0.15) is 0 Å². The van der Waals surface area contributed by atoms with Crippen molar-refractivity contribution in [3.05, 3.63) is 29.3 Å². The van der Waals surface area contributed by atoms with Crippen molar-refractivity contribution in [1.29, 1.82) is 0 Å². The summed E-state index contributed by atoms with van der Waals surface area (Å²) in [4.78, 5) is 38.6. The number of hydrogen-bond acceptors (Lipinski definition) is 7. The van der Waals surface area contributed by atoms with Crippen molar-refractivity contribution in [3.8, 4) is 0 Å². The van der Waals surface area contributed by atoms with E-state index in [-0.39, 0.29) is 28.3 Å². The Kier molecular flexibility index (Phi) is 8.47. The zero-order chi connectivity index (χ0) is 24.0. The Morgan fingerprint density at radius 3 is 2.30 bits per heavy atom. The van der Waals surface area contributed by atoms with Gasteiger partial charge < -0.3 is 14.4 Å². The van der Waals surface area contributed by atoms with Crippen molar-refractivity contribution in [3.63, 3.8) is 0 Å². The molecule has 0 radical (unpaired) electrons. The van der Waals surface area contributed by atoms with E-state index in [1.165, 1.54) is 16.4 Å². The van der Waals surface area contributed by atoms with Crippen molar-refractivity contribution < 1.29 is 32.3 Å². The minimum atomic E-state index is -3.69. The molecule has 0 saturated carbocycles. The van der Waals surface area contributed by atoms with Gasteiger partial charge in [0.05, 0.1) is 23.0 Å². The second-order valence-electron chi connectivity index (χ2n) is 8.42. The fraction of sp³-hybridized carbons (Fsp3) is 0.609. The Morgan fingerprint density at radius 1 is 1.00 bits per heavy atom. The van der Waals surface area contributed by atoms with Crippen LogP contribution in [0.4, 0.5) is 0 Å². The smallest absolute Gasteiger partial charge is 0.338 e. The quantitative estimate of drug-likeness (QED) is 0.550. The normalized spacial score (nSPS) is 18.1. The number of benzene rings is 1. The molecule has 2 fully saturated rings. The third kappa shape index (κ3) is 6.11. The maximum atomic E-state index is 12.9. The number of amides is 1. The SMILES string of the molecule is CCOC(=O)C1CCN(C(=O)COC(=O)c2cc(S(=O)(=O)N3CCCCC3)ccc2C)CC1. The van der Waals surface area contributed by atoms with E-state index in [9.17, 15) is 22.8 Å². The molecule has 1 aromatic carbocycles. The summed E-state index contributed by atoms with van der Waals surface area (Å²) in [5.41, 5.74) is 0.696. The Labute approximate surface area is 195 Å². The van der Waals surface area contributed by atoms with Crippen molar-refractivity contribution >= 4 is 27.9 Å². The number of sulfonamides is 1. The third-order valence-corrected chi connectivity index (χ3v) is 8.07. The standard InChI is InChI=1S/C23H32N2O7S/c1-3-31-22(27)18-9-13-24(14-10-18)21(26)16-32-23(28)20-15-19(8-7-17(20)2)33(29,30)25-11-5-4-6-12-25/h7-8,15,18H,3-6,9-14,16H2,1-2H3. The van der Waals surface area contributed by atoms with E-state index in [1.807, 2.05) is 0 Å². The van der Waals surface area contributed by atoms with E-state index in [4.69, 9.17) is 9.47 Å². The molecule has 2 saturated heterocycles. The van der Waals surface area contributed by atoms with Crippen LogP contribution in [0.15, 0.2) is 23.1 Å². The molecule has 2 aliphatic heterocycles. The lowest BCUT2D eigenvalue weighted by Crippen LogP contribution is -2.42. The molecule has 0 bridgehead atoms. The first kappa shape index (κ1) is 25.2. The first-order chi connectivity index (χ1) is 15.7. The highest BCUT2D eigenvalue weighted by Gasteiger charge is 2.30. The highest BCUT2D eigenvalue weighted by atomic mass is 32.2. The lowest BCUT2D eigenvalue weighted by Gasteiger charge is -2.30. The van der Waals surface area contributed by atoms with Crippen molar-refractivity contribution in [2.24, 2.45) is 5.92 Å². The van der Waals surface area contributed by atoms with Gasteiger partial charge in [-0.2, -0.15) is 4.31 Å². The van der Waals surface area contributed by atoms with Crippen LogP contribution in [0.2, 0.25) is 0 Å². The third-order valence-electron chi connectivity index (χ3n) is 6.18. The highest BCUT2D eigenvalue weighted by Crippen LogP contribution is 2.23. The lowest BCUT2D eigenvalue weighted by atomic mass is 9.97. The molecule has 3 rings (SSSR count). The second-order valence-corrected chi connectivity index (χ2v) is 10.4. The first-order valence-corrected chi connectivity index (χ1v) is 12.9. The number of aryl methyl sites for hydroxylation is 1. The fourth-order valence-corrected chi connectivity index (χ4v) is 5.70. The number of esters is 2. The lowest BCUT2D eigenvalue weighted by molar-refractivity contribution is -0.151. The summed E-state index contributed by atoms with van der Waals surface area (Å²) in [5, 5.41) is 0. The minimum absolute atomic E-state index is 0.0503. The number of nitrogens with zero attached hydrogens (tertiary/aromatic N) is 2. The van der Waals surface area contributed by atoms with E-state index in [0.717, 1.165) is 19.3 Å². The van der Waals surface area contributed by atoms with Crippen LogP contribution in [0.5, 0.6) is 0 Å². The molecule has 1 aromatic rings. The fourth-order valence-electron chi connectivity index (χ4n) is 4.16. The maximum Gasteiger partial charge on any atom is 0.338 e. The van der Waals surface area contributed by atoms with Gasteiger partial charge in [0.25, 0.3) is 5.91 Å². The molecule has 0 atom stereocenters. The summed E-state index contributed by atoms with van der Waals surface area (Å²) < 4.78 is 37.6. The molecule has 1 amide bonds. The van der Waals surface area contributed by atoms with Gasteiger partial charge in [-0.05, 0) is 57.2 Å². The number of carbonyl (C=O) groups is 3. The summed E-state index contributed by atoms with van der Waals surface area (Å²) in [6, 6.07) is 4.40. The predicted molar refractivity (Wildman–Crippen MR) is 120 cm³/mol. The number of carbonyl (C=O) groups excluding carboxylic acids is 3. The number of hydrogen-bond donors (Lipinski definition) is 0. The summed E-state index contributed by atoms with van der Waals surface area (Å²) in [5.74, 6) is -1.55. The Hall–Kier alpha value is -2.46. The molecule has 33 heavy (non-hydrogen) atoms. The maximum absolute atomic E-state index is 12.9. The Balaban J connectivity index is 1.59. The summed E-state index contributed by atoms with van der Waals surface area (Å²) in [6.45, 7) is 5.06. The summed E-state index contributed by atoms with van der Waals surface area (Å²) >= 11 is 0. The van der Waals surface area contributed by atoms with Crippen LogP contribution in [0.25, 0.3) is 0 Å². The molecule has 0 spiro atoms. The van der Waals surface area contributed by atoms with Gasteiger partial charge in [0.2, 0.25) is 10.0 Å². The van der Waals surface area contributed by atoms with Crippen molar-refractivity contribution in [2.75, 3.05) is 39.4 Å². The van der Waals surface area contributed by atoms with Gasteiger partial charge in [0.15, 0.2) is 6.61 Å². The number of likely N-dealkylation sites (tertiary alicyclic amines) is 1. The molecule has 182 valence electrons. The number of piperidine rings is 2. The zero-order valence-electron chi connectivity index (χ0n) is 19.2. The molecule has 0 unspecified atom stereocenters. The average molecular weight is 481 g/mol. The monoisotopic (exact) mass is 480 g/mol. The highest BCUT2D eigenvalue weighted by molar-refractivity contribution is 7.89. The minimum Gasteiger partial charge on any atom is -0.466 e. The molecule has 9 nitrogen and oxygen atoms in total. The van der Waals surface area contributed by atoms with Gasteiger partial charge in [0, 0.05) is 26.2 Å². The van der Waals surface area contributed by atoms with Gasteiger partial charge in [-0.3, -0.25) is 9.59 Å². The van der Waals surface area contributed by atoms with E-state index in [2.05, 4.69) is 0 Å².